The molecule has 11 heteroatoms. The first-order valence-electron chi connectivity index (χ1n) is 17.1. The Morgan fingerprint density at radius 1 is 0.840 bits per heavy atom. The van der Waals surface area contributed by atoms with Crippen LogP contribution in [0.3, 0.4) is 0 Å². The molecular formula is C39H41Cl2N5O4. The van der Waals surface area contributed by atoms with Gasteiger partial charge in [-0.05, 0) is 42.5 Å². The summed E-state index contributed by atoms with van der Waals surface area (Å²) in [5.74, 6) is 1.60. The van der Waals surface area contributed by atoms with Gasteiger partial charge in [-0.1, -0.05) is 71.7 Å². The molecule has 2 saturated heterocycles. The van der Waals surface area contributed by atoms with Crippen molar-refractivity contribution in [3.05, 3.63) is 87.4 Å². The predicted octanol–water partition coefficient (Wildman–Crippen LogP) is 6.41. The summed E-state index contributed by atoms with van der Waals surface area (Å²) in [5, 5.41) is 10.6. The number of ether oxygens (including phenoxy) is 2. The molecule has 50 heavy (non-hydrogen) atoms. The van der Waals surface area contributed by atoms with E-state index >= 15 is 0 Å². The highest BCUT2D eigenvalue weighted by Gasteiger charge is 2.27. The molecule has 4 heterocycles. The normalized spacial score (nSPS) is 18.9. The molecule has 260 valence electrons. The molecule has 7 rings (SSSR count). The van der Waals surface area contributed by atoms with Crippen molar-refractivity contribution in [1.82, 2.24) is 25.8 Å². The minimum absolute atomic E-state index is 0.104. The van der Waals surface area contributed by atoms with E-state index in [1.165, 1.54) is 11.1 Å². The topological polar surface area (TPSA) is 105 Å². The molecule has 2 amide bonds. The van der Waals surface area contributed by atoms with Crippen LogP contribution in [0.1, 0.15) is 42.4 Å². The van der Waals surface area contributed by atoms with Gasteiger partial charge in [0.25, 0.3) is 0 Å². The first kappa shape index (κ1) is 34.3. The van der Waals surface area contributed by atoms with E-state index in [0.29, 0.717) is 47.6 Å². The Morgan fingerprint density at radius 3 is 2.20 bits per heavy atom. The molecule has 3 aliphatic rings. The molecular weight excluding hydrogens is 673 g/mol. The molecule has 0 bridgehead atoms. The number of methoxy groups -OCH3 is 2. The van der Waals surface area contributed by atoms with Crippen molar-refractivity contribution in [1.29, 1.82) is 0 Å². The second kappa shape index (κ2) is 15.0. The number of fused-ring (bicyclic) bond motifs is 1. The average molecular weight is 715 g/mol. The fraction of sp³-hybridized carbons (Fsp3) is 0.359. The minimum Gasteiger partial charge on any atom is -0.496 e. The molecule has 3 aromatic carbocycles. The quantitative estimate of drug-likeness (QED) is 0.165. The van der Waals surface area contributed by atoms with E-state index in [1.54, 1.807) is 14.2 Å². The lowest BCUT2D eigenvalue weighted by Gasteiger charge is -2.32. The zero-order valence-electron chi connectivity index (χ0n) is 28.3. The Hall–Kier alpha value is -4.15. The number of carbonyl (C=O) groups is 2. The summed E-state index contributed by atoms with van der Waals surface area (Å²) in [7, 11) is 3.32. The van der Waals surface area contributed by atoms with Gasteiger partial charge >= 0.3 is 0 Å². The molecule has 2 atom stereocenters. The van der Waals surface area contributed by atoms with Crippen LogP contribution >= 0.6 is 23.2 Å². The number of hydrogen-bond donors (Lipinski definition) is 3. The van der Waals surface area contributed by atoms with Crippen molar-refractivity contribution in [2.45, 2.75) is 57.3 Å². The van der Waals surface area contributed by atoms with Crippen molar-refractivity contribution >= 4 is 35.0 Å². The summed E-state index contributed by atoms with van der Waals surface area (Å²) in [6.07, 6.45) is 3.80. The van der Waals surface area contributed by atoms with Gasteiger partial charge in [0.15, 0.2) is 0 Å². The van der Waals surface area contributed by atoms with Crippen LogP contribution in [0.25, 0.3) is 33.5 Å². The minimum atomic E-state index is 0.104. The van der Waals surface area contributed by atoms with Crippen LogP contribution < -0.4 is 25.4 Å². The summed E-state index contributed by atoms with van der Waals surface area (Å²) in [4.78, 5) is 30.5. The van der Waals surface area contributed by atoms with Gasteiger partial charge in [0.05, 0.1) is 30.0 Å². The zero-order valence-corrected chi connectivity index (χ0v) is 29.8. The highest BCUT2D eigenvalue weighted by Crippen LogP contribution is 2.44. The number of rotatable bonds is 11. The maximum absolute atomic E-state index is 11.7. The van der Waals surface area contributed by atoms with Crippen LogP contribution in [0.2, 0.25) is 10.0 Å². The second-order valence-corrected chi connectivity index (χ2v) is 14.0. The number of nitrogens with one attached hydrogen (secondary N) is 3. The van der Waals surface area contributed by atoms with Gasteiger partial charge in [-0.2, -0.15) is 0 Å². The van der Waals surface area contributed by atoms with Crippen molar-refractivity contribution in [3.63, 3.8) is 0 Å². The molecule has 2 unspecified atom stereocenters. The summed E-state index contributed by atoms with van der Waals surface area (Å²) < 4.78 is 11.6. The molecule has 0 saturated carbocycles. The van der Waals surface area contributed by atoms with Crippen LogP contribution in [-0.4, -0.2) is 67.6 Å². The van der Waals surface area contributed by atoms with Crippen molar-refractivity contribution < 1.29 is 19.1 Å². The van der Waals surface area contributed by atoms with E-state index < -0.39 is 0 Å². The Balaban J connectivity index is 1.13. The van der Waals surface area contributed by atoms with Crippen molar-refractivity contribution in [2.75, 3.05) is 33.9 Å². The predicted molar refractivity (Wildman–Crippen MR) is 197 cm³/mol. The number of halogens is 2. The largest absolute Gasteiger partial charge is 0.496 e. The van der Waals surface area contributed by atoms with Gasteiger partial charge in [0.2, 0.25) is 17.7 Å². The second-order valence-electron chi connectivity index (χ2n) is 13.2. The summed E-state index contributed by atoms with van der Waals surface area (Å²) in [6, 6.07) is 20.5. The highest BCUT2D eigenvalue weighted by molar-refractivity contribution is 6.39. The van der Waals surface area contributed by atoms with Crippen LogP contribution in [-0.2, 0) is 29.1 Å². The first-order valence-corrected chi connectivity index (χ1v) is 17.9. The molecule has 0 spiro atoms. The van der Waals surface area contributed by atoms with Gasteiger partial charge in [-0.25, -0.2) is 4.98 Å². The fourth-order valence-corrected chi connectivity index (χ4v) is 8.01. The Kier molecular flexibility index (Phi) is 10.3. The van der Waals surface area contributed by atoms with Crippen LogP contribution in [0, 0.1) is 0 Å². The van der Waals surface area contributed by atoms with E-state index in [2.05, 4.69) is 33.0 Å². The summed E-state index contributed by atoms with van der Waals surface area (Å²) in [6.45, 7) is 3.78. The third-order valence-corrected chi connectivity index (χ3v) is 10.8. The monoisotopic (exact) mass is 713 g/mol. The highest BCUT2D eigenvalue weighted by atomic mass is 35.5. The van der Waals surface area contributed by atoms with Gasteiger partial charge < -0.3 is 25.4 Å². The number of hydrogen-bond acceptors (Lipinski definition) is 7. The lowest BCUT2D eigenvalue weighted by molar-refractivity contribution is -0.120. The zero-order chi connectivity index (χ0) is 34.8. The van der Waals surface area contributed by atoms with Crippen molar-refractivity contribution in [2.24, 2.45) is 0 Å². The van der Waals surface area contributed by atoms with Crippen LogP contribution in [0.4, 0.5) is 0 Å². The van der Waals surface area contributed by atoms with E-state index in [4.69, 9.17) is 37.7 Å². The van der Waals surface area contributed by atoms with E-state index in [0.717, 1.165) is 78.0 Å². The number of carbonyl (C=O) groups excluding carboxylic acids is 2. The van der Waals surface area contributed by atoms with Crippen molar-refractivity contribution in [3.8, 4) is 45.1 Å². The van der Waals surface area contributed by atoms with Gasteiger partial charge in [-0.3, -0.25) is 14.5 Å². The molecule has 0 aliphatic carbocycles. The number of nitrogens with zero attached hydrogens (tertiary/aromatic N) is 2. The van der Waals surface area contributed by atoms with Crippen LogP contribution in [0.15, 0.2) is 60.7 Å². The number of amides is 2. The standard InChI is InChI=1S/C39H41Cl2N5O4/c1-49-34-18-25(17-23-15-16-46(22-32(23)34)21-27-11-14-36(48)44-27)28-5-3-6-29(37(28)40)30-7-4-8-31(38(30)41)33-12-9-24(39(45-33)50-2)19-42-20-26-10-13-35(47)43-26/h3-9,12,17-18,26-27,42H,10-11,13-16,19-22H2,1-2H3,(H,43,47)(H,44,48). The number of benzene rings is 3. The molecule has 3 N–H and O–H groups in total. The third kappa shape index (κ3) is 7.19. The van der Waals surface area contributed by atoms with E-state index in [9.17, 15) is 9.59 Å². The van der Waals surface area contributed by atoms with E-state index in [-0.39, 0.29) is 23.9 Å². The average Bonchev–Trinajstić information content (AvgIpc) is 3.74. The van der Waals surface area contributed by atoms with E-state index in [1.807, 2.05) is 48.5 Å². The number of pyridine rings is 1. The third-order valence-electron chi connectivity index (χ3n) is 9.96. The van der Waals surface area contributed by atoms with Gasteiger partial charge in [0.1, 0.15) is 5.75 Å². The lowest BCUT2D eigenvalue weighted by atomic mass is 9.91. The Labute approximate surface area is 302 Å². The molecule has 1 aromatic heterocycles. The summed E-state index contributed by atoms with van der Waals surface area (Å²) in [5.41, 5.74) is 8.33. The molecule has 0 radical (unpaired) electrons. The van der Waals surface area contributed by atoms with Gasteiger partial charge in [-0.15, -0.1) is 0 Å². The van der Waals surface area contributed by atoms with Crippen LogP contribution in [0.5, 0.6) is 11.6 Å². The molecule has 2 fully saturated rings. The molecule has 4 aromatic rings. The molecule has 3 aliphatic heterocycles. The SMILES string of the molecule is COc1cc(-c2cccc(-c3cccc(-c4ccc(CNCC5CCC(=O)N5)c(OC)n4)c3Cl)c2Cl)cc2c1CN(CC1CCC(=O)N1)CC2. The Morgan fingerprint density at radius 2 is 1.52 bits per heavy atom. The maximum Gasteiger partial charge on any atom is 0.220 e. The Bertz CT molecular complexity index is 1920. The first-order chi connectivity index (χ1) is 24.3. The fourth-order valence-electron chi connectivity index (χ4n) is 7.35. The van der Waals surface area contributed by atoms with Gasteiger partial charge in [0, 0.05) is 91.0 Å². The number of aromatic nitrogens is 1. The smallest absolute Gasteiger partial charge is 0.220 e. The molecule has 9 nitrogen and oxygen atoms in total. The lowest BCUT2D eigenvalue weighted by Crippen LogP contribution is -2.41. The summed E-state index contributed by atoms with van der Waals surface area (Å²) >= 11 is 14.4. The maximum atomic E-state index is 11.7.